The van der Waals surface area contributed by atoms with Gasteiger partial charge >= 0.3 is 0 Å². The molecule has 5 nitrogen and oxygen atoms in total. The third kappa shape index (κ3) is 3.54. The molecule has 1 aromatic heterocycles. The SMILES string of the molecule is Cn1nc2c(c1-c1ccccc1)CCN(C(=O)CN1CCCCC1)CC2. The minimum absolute atomic E-state index is 0.280. The average Bonchev–Trinajstić information content (AvgIpc) is 2.84. The summed E-state index contributed by atoms with van der Waals surface area (Å²) in [6.45, 7) is 4.30. The van der Waals surface area contributed by atoms with Crippen LogP contribution in [0.3, 0.4) is 0 Å². The van der Waals surface area contributed by atoms with Crippen LogP contribution in [0.4, 0.5) is 0 Å². The van der Waals surface area contributed by atoms with Crippen molar-refractivity contribution in [3.8, 4) is 11.3 Å². The molecule has 0 N–H and O–H groups in total. The monoisotopic (exact) mass is 352 g/mol. The number of likely N-dealkylation sites (tertiary alicyclic amines) is 1. The molecule has 0 spiro atoms. The van der Waals surface area contributed by atoms with Crippen molar-refractivity contribution in [1.82, 2.24) is 19.6 Å². The smallest absolute Gasteiger partial charge is 0.236 e. The summed E-state index contributed by atoms with van der Waals surface area (Å²) < 4.78 is 2.01. The Labute approximate surface area is 155 Å². The number of amides is 1. The van der Waals surface area contributed by atoms with Crippen molar-refractivity contribution in [2.24, 2.45) is 7.05 Å². The van der Waals surface area contributed by atoms with E-state index >= 15 is 0 Å². The Hall–Kier alpha value is -2.14. The first-order chi connectivity index (χ1) is 12.7. The van der Waals surface area contributed by atoms with Gasteiger partial charge in [0.2, 0.25) is 5.91 Å². The van der Waals surface area contributed by atoms with E-state index < -0.39 is 0 Å². The molecule has 0 unspecified atom stereocenters. The van der Waals surface area contributed by atoms with Crippen molar-refractivity contribution in [3.05, 3.63) is 41.6 Å². The van der Waals surface area contributed by atoms with Crippen LogP contribution in [0.15, 0.2) is 30.3 Å². The summed E-state index contributed by atoms with van der Waals surface area (Å²) in [5, 5.41) is 4.77. The van der Waals surface area contributed by atoms with E-state index in [1.54, 1.807) is 0 Å². The van der Waals surface area contributed by atoms with Crippen molar-refractivity contribution in [2.75, 3.05) is 32.7 Å². The summed E-state index contributed by atoms with van der Waals surface area (Å²) in [4.78, 5) is 17.1. The van der Waals surface area contributed by atoms with Gasteiger partial charge in [-0.15, -0.1) is 0 Å². The highest BCUT2D eigenvalue weighted by atomic mass is 16.2. The van der Waals surface area contributed by atoms with E-state index in [1.807, 2.05) is 22.7 Å². The van der Waals surface area contributed by atoms with E-state index in [4.69, 9.17) is 5.10 Å². The van der Waals surface area contributed by atoms with E-state index in [1.165, 1.54) is 36.1 Å². The number of nitrogens with zero attached hydrogens (tertiary/aromatic N) is 4. The minimum Gasteiger partial charge on any atom is -0.341 e. The summed E-state index contributed by atoms with van der Waals surface area (Å²) in [5.41, 5.74) is 4.87. The predicted octanol–water partition coefficient (Wildman–Crippen LogP) is 2.50. The Morgan fingerprint density at radius 2 is 1.73 bits per heavy atom. The zero-order chi connectivity index (χ0) is 17.9. The number of hydrogen-bond acceptors (Lipinski definition) is 3. The average molecular weight is 352 g/mol. The second-order valence-corrected chi connectivity index (χ2v) is 7.48. The van der Waals surface area contributed by atoms with Crippen LogP contribution in [-0.2, 0) is 24.7 Å². The molecule has 26 heavy (non-hydrogen) atoms. The van der Waals surface area contributed by atoms with Crippen molar-refractivity contribution in [1.29, 1.82) is 0 Å². The number of aryl methyl sites for hydroxylation is 1. The molecule has 1 aromatic carbocycles. The maximum absolute atomic E-state index is 12.8. The van der Waals surface area contributed by atoms with Crippen LogP contribution in [0, 0.1) is 0 Å². The lowest BCUT2D eigenvalue weighted by Gasteiger charge is -2.29. The van der Waals surface area contributed by atoms with Gasteiger partial charge in [0.1, 0.15) is 0 Å². The largest absolute Gasteiger partial charge is 0.341 e. The molecule has 138 valence electrons. The van der Waals surface area contributed by atoms with Crippen molar-refractivity contribution >= 4 is 5.91 Å². The van der Waals surface area contributed by atoms with Gasteiger partial charge in [-0.2, -0.15) is 5.10 Å². The Kier molecular flexibility index (Phi) is 5.07. The lowest BCUT2D eigenvalue weighted by Crippen LogP contribution is -2.43. The number of hydrogen-bond donors (Lipinski definition) is 0. The van der Waals surface area contributed by atoms with Gasteiger partial charge in [-0.3, -0.25) is 14.4 Å². The van der Waals surface area contributed by atoms with Crippen LogP contribution in [0.1, 0.15) is 30.5 Å². The Balaban J connectivity index is 1.47. The molecule has 4 rings (SSSR count). The van der Waals surface area contributed by atoms with Crippen molar-refractivity contribution in [2.45, 2.75) is 32.1 Å². The van der Waals surface area contributed by atoms with Gasteiger partial charge in [0.05, 0.1) is 17.9 Å². The molecule has 2 aromatic rings. The lowest BCUT2D eigenvalue weighted by molar-refractivity contribution is -0.132. The van der Waals surface area contributed by atoms with Crippen LogP contribution in [0.25, 0.3) is 11.3 Å². The summed E-state index contributed by atoms with van der Waals surface area (Å²) in [7, 11) is 2.02. The van der Waals surface area contributed by atoms with Gasteiger partial charge in [0.15, 0.2) is 0 Å². The maximum Gasteiger partial charge on any atom is 0.236 e. The number of aromatic nitrogens is 2. The minimum atomic E-state index is 0.280. The zero-order valence-corrected chi connectivity index (χ0v) is 15.7. The maximum atomic E-state index is 12.8. The molecule has 1 amide bonds. The van der Waals surface area contributed by atoms with Crippen LogP contribution >= 0.6 is 0 Å². The van der Waals surface area contributed by atoms with E-state index in [0.29, 0.717) is 6.54 Å². The molecule has 0 atom stereocenters. The standard InChI is InChI=1S/C21H28N4O/c1-23-21(17-8-4-2-5-9-17)18-10-14-25(15-11-19(18)22-23)20(26)16-24-12-6-3-7-13-24/h2,4-5,8-9H,3,6-7,10-16H2,1H3. The second-order valence-electron chi connectivity index (χ2n) is 7.48. The van der Waals surface area contributed by atoms with E-state index in [9.17, 15) is 4.79 Å². The summed E-state index contributed by atoms with van der Waals surface area (Å²) >= 11 is 0. The molecule has 1 fully saturated rings. The second kappa shape index (κ2) is 7.62. The number of carbonyl (C=O) groups is 1. The number of carbonyl (C=O) groups excluding carboxylic acids is 1. The fourth-order valence-electron chi connectivity index (χ4n) is 4.30. The van der Waals surface area contributed by atoms with Gasteiger partial charge in [0.25, 0.3) is 0 Å². The Morgan fingerprint density at radius 3 is 2.50 bits per heavy atom. The number of benzene rings is 1. The Morgan fingerprint density at radius 1 is 1.00 bits per heavy atom. The highest BCUT2D eigenvalue weighted by Gasteiger charge is 2.25. The fourth-order valence-corrected chi connectivity index (χ4v) is 4.30. The third-order valence-corrected chi connectivity index (χ3v) is 5.69. The van der Waals surface area contributed by atoms with Crippen molar-refractivity contribution in [3.63, 3.8) is 0 Å². The summed E-state index contributed by atoms with van der Waals surface area (Å²) in [6, 6.07) is 10.5. The number of rotatable bonds is 3. The van der Waals surface area contributed by atoms with Crippen LogP contribution in [-0.4, -0.2) is 58.2 Å². The first-order valence-electron chi connectivity index (χ1n) is 9.82. The molecule has 3 heterocycles. The first-order valence-corrected chi connectivity index (χ1v) is 9.82. The molecular weight excluding hydrogens is 324 g/mol. The topological polar surface area (TPSA) is 41.4 Å². The molecule has 1 saturated heterocycles. The molecule has 0 radical (unpaired) electrons. The van der Waals surface area contributed by atoms with E-state index in [-0.39, 0.29) is 5.91 Å². The third-order valence-electron chi connectivity index (χ3n) is 5.69. The fraction of sp³-hybridized carbons (Fsp3) is 0.524. The molecular formula is C21H28N4O. The Bertz CT molecular complexity index is 762. The highest BCUT2D eigenvalue weighted by Crippen LogP contribution is 2.28. The highest BCUT2D eigenvalue weighted by molar-refractivity contribution is 5.78. The van der Waals surface area contributed by atoms with Gasteiger partial charge < -0.3 is 4.90 Å². The first kappa shape index (κ1) is 17.3. The van der Waals surface area contributed by atoms with Gasteiger partial charge in [-0.25, -0.2) is 0 Å². The predicted molar refractivity (Wildman–Crippen MR) is 103 cm³/mol. The van der Waals surface area contributed by atoms with Gasteiger partial charge in [-0.1, -0.05) is 36.8 Å². The zero-order valence-electron chi connectivity index (χ0n) is 15.7. The number of fused-ring (bicyclic) bond motifs is 1. The van der Waals surface area contributed by atoms with Gasteiger partial charge in [-0.05, 0) is 32.4 Å². The van der Waals surface area contributed by atoms with Gasteiger partial charge in [0, 0.05) is 37.7 Å². The normalized spacial score (nSPS) is 18.4. The van der Waals surface area contributed by atoms with E-state index in [0.717, 1.165) is 44.7 Å². The van der Waals surface area contributed by atoms with Crippen LogP contribution in [0.2, 0.25) is 0 Å². The van der Waals surface area contributed by atoms with E-state index in [2.05, 4.69) is 29.2 Å². The molecule has 2 aliphatic rings. The van der Waals surface area contributed by atoms with Crippen molar-refractivity contribution < 1.29 is 4.79 Å². The summed E-state index contributed by atoms with van der Waals surface area (Å²) in [5.74, 6) is 0.280. The lowest BCUT2D eigenvalue weighted by atomic mass is 10.0. The molecule has 2 aliphatic heterocycles. The van der Waals surface area contributed by atoms with Crippen LogP contribution in [0.5, 0.6) is 0 Å². The molecule has 0 saturated carbocycles. The molecule has 0 bridgehead atoms. The molecule has 5 heteroatoms. The summed E-state index contributed by atoms with van der Waals surface area (Å²) in [6.07, 6.45) is 5.49. The number of piperidine rings is 1. The van der Waals surface area contributed by atoms with Crippen LogP contribution < -0.4 is 0 Å². The molecule has 0 aliphatic carbocycles. The quantitative estimate of drug-likeness (QED) is 0.852.